The minimum absolute atomic E-state index is 0.00674. The smallest absolute Gasteiger partial charge is 0.492 e. The van der Waals surface area contributed by atoms with Gasteiger partial charge < -0.3 is 59.6 Å². The number of anilines is 2. The zero-order valence-electron chi connectivity index (χ0n) is 67.4. The van der Waals surface area contributed by atoms with Crippen LogP contribution in [-0.2, 0) is 29.6 Å². The number of benzene rings is 8. The molecule has 8 heterocycles. The van der Waals surface area contributed by atoms with Crippen molar-refractivity contribution in [3.63, 3.8) is 0 Å². The van der Waals surface area contributed by atoms with Crippen LogP contribution in [0.3, 0.4) is 0 Å². The predicted octanol–water partition coefficient (Wildman–Crippen LogP) is 18.0. The van der Waals surface area contributed by atoms with Crippen LogP contribution in [0.4, 0.5) is 46.5 Å². The van der Waals surface area contributed by atoms with E-state index in [1.54, 1.807) is 116 Å². The van der Waals surface area contributed by atoms with Crippen LogP contribution in [0.1, 0.15) is 11.1 Å². The second-order valence-electron chi connectivity index (χ2n) is 27.1. The number of aryl methyl sites for hydroxylation is 2. The van der Waals surface area contributed by atoms with Crippen molar-refractivity contribution in [3.05, 3.63) is 321 Å². The fourth-order valence-corrected chi connectivity index (χ4v) is 16.7. The largest absolute Gasteiger partial charge is 0.494 e. The summed E-state index contributed by atoms with van der Waals surface area (Å²) in [5.41, 5.74) is 8.40. The summed E-state index contributed by atoms with van der Waals surface area (Å²) in [5, 5.41) is 43.1. The Hall–Kier alpha value is -12.8. The van der Waals surface area contributed by atoms with Gasteiger partial charge in [-0.15, -0.1) is 0 Å². The van der Waals surface area contributed by atoms with Gasteiger partial charge in [0.15, 0.2) is 57.6 Å². The SMILES string of the molecule is C=CC(=O)Nc1cccc(-c2cnc3[nH]cc(-c4cc(F)cc(F)c4OC)c3c2)c1.C=CC(=O)Nc1cccc(B(O)O)c1.COc1c(F)cc(F)cc1-c1c[nH]c2ncc(Br)cc12.COc1c(F)cc(F)cc1-c1cn(S(=O)(=O)c2ccc(C)cc2)c2ncc(Br)cc12.COc1c(F)cc(F)cc1B(O)O.Cc1ccc(S(=O)(=O)n2cc(Cl)c3cc(Br)cnc32)cc1. The number of nitrogens with one attached hydrogen (secondary N) is 4. The van der Waals surface area contributed by atoms with Crippen LogP contribution in [0.15, 0.2) is 268 Å². The molecule has 0 aliphatic carbocycles. The van der Waals surface area contributed by atoms with Gasteiger partial charge in [0.25, 0.3) is 20.0 Å². The highest BCUT2D eigenvalue weighted by atomic mass is 79.9. The Labute approximate surface area is 756 Å². The van der Waals surface area contributed by atoms with E-state index >= 15 is 0 Å². The van der Waals surface area contributed by atoms with E-state index in [1.807, 2.05) is 32.0 Å². The number of carbonyl (C=O) groups is 2. The van der Waals surface area contributed by atoms with Gasteiger partial charge in [-0.3, -0.25) is 9.59 Å². The molecule has 0 aliphatic rings. The van der Waals surface area contributed by atoms with Gasteiger partial charge in [0, 0.05) is 165 Å². The molecule has 16 aromatic rings. The Balaban J connectivity index is 0.000000153. The highest BCUT2D eigenvalue weighted by Gasteiger charge is 2.29. The molecule has 0 saturated carbocycles. The van der Waals surface area contributed by atoms with Crippen molar-refractivity contribution in [1.29, 1.82) is 0 Å². The fourth-order valence-electron chi connectivity index (χ4n) is 12.7. The summed E-state index contributed by atoms with van der Waals surface area (Å²) in [4.78, 5) is 45.8. The molecular formula is C88H68B2Br3ClF8N10O14S2. The summed E-state index contributed by atoms with van der Waals surface area (Å²) in [7, 11) is -6.12. The fraction of sp³-hybridized carbons (Fsp3) is 0.0682. The number of hydrogen-bond donors (Lipinski definition) is 8. The Kier molecular flexibility index (Phi) is 31.3. The monoisotopic (exact) mass is 2000 g/mol. The number of hydrogen-bond acceptors (Lipinski definition) is 18. The number of nitrogens with zero attached hydrogens (tertiary/aromatic N) is 6. The van der Waals surface area contributed by atoms with Crippen molar-refractivity contribution in [3.8, 4) is 67.5 Å². The molecule has 0 fully saturated rings. The summed E-state index contributed by atoms with van der Waals surface area (Å²) < 4.78 is 185. The molecule has 8 aromatic heterocycles. The minimum Gasteiger partial charge on any atom is -0.494 e. The number of ether oxygens (including phenoxy) is 4. The van der Waals surface area contributed by atoms with E-state index in [4.69, 9.17) is 45.9 Å². The summed E-state index contributed by atoms with van der Waals surface area (Å²) in [6.45, 7) is 10.5. The van der Waals surface area contributed by atoms with Gasteiger partial charge in [0.05, 0.1) is 43.3 Å². The third-order valence-corrected chi connectivity index (χ3v) is 23.5. The molecule has 0 spiro atoms. The molecule has 8 N–H and O–H groups in total. The van der Waals surface area contributed by atoms with Crippen molar-refractivity contribution in [2.45, 2.75) is 23.6 Å². The van der Waals surface area contributed by atoms with Gasteiger partial charge in [0.2, 0.25) is 11.8 Å². The summed E-state index contributed by atoms with van der Waals surface area (Å²) in [6.07, 6.45) is 14.6. The number of fused-ring (bicyclic) bond motifs is 4. The molecule has 656 valence electrons. The zero-order valence-corrected chi connectivity index (χ0v) is 74.6. The Morgan fingerprint density at radius 3 is 1.29 bits per heavy atom. The highest BCUT2D eigenvalue weighted by molar-refractivity contribution is 9.11. The van der Waals surface area contributed by atoms with Crippen LogP contribution >= 0.6 is 59.4 Å². The second-order valence-corrected chi connectivity index (χ2v) is 33.9. The average Bonchev–Trinajstić information content (AvgIpc) is 1.59. The van der Waals surface area contributed by atoms with Crippen LogP contribution in [0.2, 0.25) is 5.02 Å². The number of carbonyl (C=O) groups excluding carboxylic acids is 2. The first kappa shape index (κ1) is 95.8. The lowest BCUT2D eigenvalue weighted by Crippen LogP contribution is -2.32. The van der Waals surface area contributed by atoms with Crippen LogP contribution in [0.25, 0.3) is 88.6 Å². The Morgan fingerprint density at radius 2 is 0.836 bits per heavy atom. The van der Waals surface area contributed by atoms with Crippen LogP contribution < -0.4 is 40.5 Å². The normalized spacial score (nSPS) is 11.0. The Bertz CT molecular complexity index is 7150. The van der Waals surface area contributed by atoms with Crippen molar-refractivity contribution >= 4 is 172 Å². The van der Waals surface area contributed by atoms with Crippen molar-refractivity contribution < 1.29 is 101 Å². The number of H-pyrrole nitrogens is 2. The quantitative estimate of drug-likeness (QED) is 0.0225. The molecule has 128 heavy (non-hydrogen) atoms. The van der Waals surface area contributed by atoms with Gasteiger partial charge in [-0.1, -0.05) is 84.4 Å². The summed E-state index contributed by atoms with van der Waals surface area (Å²) in [5.74, 6) is -7.68. The highest BCUT2D eigenvalue weighted by Crippen LogP contribution is 2.43. The van der Waals surface area contributed by atoms with Gasteiger partial charge in [-0.05, 0) is 182 Å². The van der Waals surface area contributed by atoms with E-state index in [-0.39, 0.29) is 72.4 Å². The van der Waals surface area contributed by atoms with Gasteiger partial charge in [0.1, 0.15) is 34.6 Å². The standard InChI is InChI=1S/C23H17F2N3O2.C21H15BrF2N2O3S.C14H10BrClN2O2S.C14H9BrF2N2O.C9H10BNO3.C7H7BF2O3/c1-3-21(29)28-16-6-4-5-13(7-16)14-8-18-19(12-27-23(18)26-11-14)17-9-15(24)10-20(25)22(17)30-2;1-12-3-5-15(6-4-12)30(27,28)26-11-18(17-7-13(22)10-25-21(17)26)16-8-14(23)9-19(24)20(16)29-2;1-9-2-4-11(5-3-9)21(19,20)18-8-13(16)12-6-10(15)7-17-14(12)18;1-20-13-9(3-8(16)4-12(13)17)11-6-19-14-10(11)2-7(15)5-18-14;1-2-9(12)11-8-5-3-4-7(6-8)10(13)14;1-13-7-5(8(11)12)2-4(9)3-6(7)10/h3-12H,1H2,2H3,(H,26,27)(H,28,29);3-11H,1-2H3;2-8H,1H3;2-6H,1H3,(H,18,19);2-6,13-14H,1H2,(H,11,12);2-3,11-12H,1H3. The lowest BCUT2D eigenvalue weighted by Gasteiger charge is -2.10. The van der Waals surface area contributed by atoms with Crippen molar-refractivity contribution in [1.82, 2.24) is 37.8 Å². The number of amides is 2. The maximum absolute atomic E-state index is 14.3. The second kappa shape index (κ2) is 41.7. The molecule has 2 amide bonds. The molecule has 40 heteroatoms. The summed E-state index contributed by atoms with van der Waals surface area (Å²) >= 11 is 16.1. The maximum Gasteiger partial charge on any atom is 0.492 e. The maximum atomic E-state index is 14.3. The molecule has 0 saturated heterocycles. The van der Waals surface area contributed by atoms with Gasteiger partial charge in [-0.25, -0.2) is 79.8 Å². The average molecular weight is 2000 g/mol. The topological polar surface area (TPSA) is 337 Å². The van der Waals surface area contributed by atoms with E-state index < -0.39 is 80.8 Å². The van der Waals surface area contributed by atoms with E-state index in [2.05, 4.69) is 106 Å². The van der Waals surface area contributed by atoms with Crippen LogP contribution in [-0.4, -0.2) is 129 Å². The van der Waals surface area contributed by atoms with Gasteiger partial charge >= 0.3 is 14.2 Å². The van der Waals surface area contributed by atoms with Gasteiger partial charge in [-0.2, -0.15) is 0 Å². The van der Waals surface area contributed by atoms with E-state index in [0.717, 1.165) is 82.0 Å². The lowest BCUT2D eigenvalue weighted by atomic mass is 9.79. The van der Waals surface area contributed by atoms with Crippen LogP contribution in [0, 0.1) is 60.4 Å². The molecule has 16 rings (SSSR count). The predicted molar refractivity (Wildman–Crippen MR) is 485 cm³/mol. The molecule has 0 bridgehead atoms. The van der Waals surface area contributed by atoms with Crippen molar-refractivity contribution in [2.75, 3.05) is 39.1 Å². The minimum atomic E-state index is -4.01. The molecule has 0 unspecified atom stereocenters. The van der Waals surface area contributed by atoms with E-state index in [1.165, 1.54) is 76.3 Å². The first-order valence-corrected chi connectivity index (χ1v) is 42.7. The molecule has 0 atom stereocenters. The number of rotatable bonds is 18. The molecular weight excluding hydrogens is 1930 g/mol. The number of aromatic nitrogens is 8. The number of pyridine rings is 4. The van der Waals surface area contributed by atoms with E-state index in [9.17, 15) is 61.5 Å². The zero-order chi connectivity index (χ0) is 92.9. The van der Waals surface area contributed by atoms with Crippen LogP contribution in [0.5, 0.6) is 23.0 Å². The molecule has 24 nitrogen and oxygen atoms in total. The third-order valence-electron chi connectivity index (χ3n) is 18.6. The number of halogens is 12. The number of aromatic amines is 2. The molecule has 0 aliphatic heterocycles. The Morgan fingerprint density at radius 1 is 0.445 bits per heavy atom. The molecule has 8 aromatic carbocycles. The summed E-state index contributed by atoms with van der Waals surface area (Å²) in [6, 6.07) is 40.9. The third kappa shape index (κ3) is 22.2. The molecule has 0 radical (unpaired) electrons. The first-order chi connectivity index (χ1) is 60.9. The van der Waals surface area contributed by atoms with Crippen molar-refractivity contribution in [2.24, 2.45) is 0 Å². The van der Waals surface area contributed by atoms with E-state index in [0.29, 0.717) is 88.3 Å². The first-order valence-electron chi connectivity index (χ1n) is 37.1. The lowest BCUT2D eigenvalue weighted by molar-refractivity contribution is -0.112. The number of methoxy groups -OCH3 is 4.